The van der Waals surface area contributed by atoms with Gasteiger partial charge in [0.05, 0.1) is 11.4 Å². The average molecular weight is 235 g/mol. The molecule has 0 amide bonds. The summed E-state index contributed by atoms with van der Waals surface area (Å²) in [6.07, 6.45) is 1.56. The lowest BCUT2D eigenvalue weighted by Gasteiger charge is -2.10. The highest BCUT2D eigenvalue weighted by atomic mass is 19.1. The van der Waals surface area contributed by atoms with Gasteiger partial charge in [0.2, 0.25) is 0 Å². The predicted octanol–water partition coefficient (Wildman–Crippen LogP) is 2.99. The lowest BCUT2D eigenvalue weighted by molar-refractivity contribution is 0.586. The Morgan fingerprint density at radius 3 is 2.71 bits per heavy atom. The highest BCUT2D eigenvalue weighted by Crippen LogP contribution is 2.25. The highest BCUT2D eigenvalue weighted by molar-refractivity contribution is 5.71. The van der Waals surface area contributed by atoms with Gasteiger partial charge < -0.3 is 11.1 Å². The molecule has 0 saturated carbocycles. The molecule has 0 aliphatic heterocycles. The first-order valence-electron chi connectivity index (χ1n) is 5.01. The van der Waals surface area contributed by atoms with Gasteiger partial charge in [-0.1, -0.05) is 0 Å². The second-order valence-electron chi connectivity index (χ2n) is 3.64. The van der Waals surface area contributed by atoms with Crippen molar-refractivity contribution >= 4 is 17.2 Å². The summed E-state index contributed by atoms with van der Waals surface area (Å²) in [5, 5.41) is 2.73. The van der Waals surface area contributed by atoms with Crippen molar-refractivity contribution in [1.29, 1.82) is 0 Å². The average Bonchev–Trinajstić information content (AvgIpc) is 2.28. The van der Waals surface area contributed by atoms with Crippen molar-refractivity contribution in [1.82, 2.24) is 4.98 Å². The van der Waals surface area contributed by atoms with Crippen molar-refractivity contribution in [3.8, 4) is 0 Å². The molecule has 1 aromatic heterocycles. The number of hydrogen-bond donors (Lipinski definition) is 2. The van der Waals surface area contributed by atoms with Crippen molar-refractivity contribution in [2.45, 2.75) is 6.92 Å². The first-order valence-corrected chi connectivity index (χ1v) is 5.01. The van der Waals surface area contributed by atoms with Crippen LogP contribution >= 0.6 is 0 Å². The van der Waals surface area contributed by atoms with E-state index in [9.17, 15) is 8.78 Å². The van der Waals surface area contributed by atoms with Crippen LogP contribution in [0.15, 0.2) is 30.5 Å². The smallest absolute Gasteiger partial charge is 0.153 e. The maximum absolute atomic E-state index is 13.4. The Hall–Kier alpha value is -2.17. The van der Waals surface area contributed by atoms with Crippen molar-refractivity contribution in [2.24, 2.45) is 0 Å². The summed E-state index contributed by atoms with van der Waals surface area (Å²) in [6, 6.07) is 5.02. The van der Waals surface area contributed by atoms with Gasteiger partial charge in [0, 0.05) is 12.3 Å². The molecule has 0 saturated heterocycles. The Morgan fingerprint density at radius 2 is 2.00 bits per heavy atom. The molecule has 0 aliphatic carbocycles. The Kier molecular flexibility index (Phi) is 2.91. The molecule has 0 unspecified atom stereocenters. The van der Waals surface area contributed by atoms with E-state index in [4.69, 9.17) is 5.73 Å². The summed E-state index contributed by atoms with van der Waals surface area (Å²) in [5.74, 6) is -0.957. The fourth-order valence-corrected chi connectivity index (χ4v) is 1.39. The topological polar surface area (TPSA) is 50.9 Å². The van der Waals surface area contributed by atoms with Crippen LogP contribution in [0.25, 0.3) is 0 Å². The molecule has 2 rings (SSSR count). The monoisotopic (exact) mass is 235 g/mol. The number of aromatic nitrogens is 1. The minimum absolute atomic E-state index is 0.135. The SMILES string of the molecule is Cc1ccnc(Nc2ccc(F)cc2F)c1N. The second-order valence-corrected chi connectivity index (χ2v) is 3.64. The number of hydrogen-bond acceptors (Lipinski definition) is 3. The summed E-state index contributed by atoms with van der Waals surface area (Å²) >= 11 is 0. The van der Waals surface area contributed by atoms with Gasteiger partial charge in [-0.2, -0.15) is 0 Å². The fraction of sp³-hybridized carbons (Fsp3) is 0.0833. The third kappa shape index (κ3) is 2.33. The van der Waals surface area contributed by atoms with Crippen LogP contribution in [0.1, 0.15) is 5.56 Å². The Balaban J connectivity index is 2.35. The summed E-state index contributed by atoms with van der Waals surface area (Å²) in [4.78, 5) is 4.00. The molecule has 5 heteroatoms. The van der Waals surface area contributed by atoms with Crippen LogP contribution in [0.3, 0.4) is 0 Å². The third-order valence-corrected chi connectivity index (χ3v) is 2.39. The van der Waals surface area contributed by atoms with Gasteiger partial charge in [-0.15, -0.1) is 0 Å². The summed E-state index contributed by atoms with van der Waals surface area (Å²) < 4.78 is 26.1. The van der Waals surface area contributed by atoms with Gasteiger partial charge in [-0.3, -0.25) is 0 Å². The molecule has 3 N–H and O–H groups in total. The van der Waals surface area contributed by atoms with Gasteiger partial charge in [0.1, 0.15) is 11.6 Å². The number of benzene rings is 1. The maximum atomic E-state index is 13.4. The molecular formula is C12H11F2N3. The van der Waals surface area contributed by atoms with Gasteiger partial charge >= 0.3 is 0 Å². The highest BCUT2D eigenvalue weighted by Gasteiger charge is 2.07. The number of anilines is 3. The van der Waals surface area contributed by atoms with Crippen LogP contribution in [0.5, 0.6) is 0 Å². The van der Waals surface area contributed by atoms with Crippen LogP contribution in [-0.4, -0.2) is 4.98 Å². The predicted molar refractivity (Wildman–Crippen MR) is 63.0 cm³/mol. The molecule has 1 aromatic carbocycles. The lowest BCUT2D eigenvalue weighted by Crippen LogP contribution is -2.02. The van der Waals surface area contributed by atoms with E-state index in [1.807, 2.05) is 6.92 Å². The zero-order valence-electron chi connectivity index (χ0n) is 9.17. The summed E-state index contributed by atoms with van der Waals surface area (Å²) in [5.41, 5.74) is 7.20. The summed E-state index contributed by atoms with van der Waals surface area (Å²) in [6.45, 7) is 1.82. The summed E-state index contributed by atoms with van der Waals surface area (Å²) in [7, 11) is 0. The number of nitrogen functional groups attached to an aromatic ring is 1. The Morgan fingerprint density at radius 1 is 1.24 bits per heavy atom. The first kappa shape index (κ1) is 11.3. The second kappa shape index (κ2) is 4.37. The number of nitrogens with zero attached hydrogens (tertiary/aromatic N) is 1. The fourth-order valence-electron chi connectivity index (χ4n) is 1.39. The number of halogens is 2. The number of pyridine rings is 1. The van der Waals surface area contributed by atoms with Crippen molar-refractivity contribution < 1.29 is 8.78 Å². The molecule has 17 heavy (non-hydrogen) atoms. The minimum atomic E-state index is -0.687. The van der Waals surface area contributed by atoms with E-state index in [2.05, 4.69) is 10.3 Å². The number of rotatable bonds is 2. The molecule has 0 fully saturated rings. The van der Waals surface area contributed by atoms with E-state index < -0.39 is 11.6 Å². The van der Waals surface area contributed by atoms with Gasteiger partial charge in [0.15, 0.2) is 5.82 Å². The molecule has 88 valence electrons. The first-order chi connectivity index (χ1) is 8.08. The van der Waals surface area contributed by atoms with Gasteiger partial charge in [0.25, 0.3) is 0 Å². The van der Waals surface area contributed by atoms with E-state index in [0.717, 1.165) is 17.7 Å². The molecule has 0 radical (unpaired) electrons. The minimum Gasteiger partial charge on any atom is -0.396 e. The number of nitrogens with two attached hydrogens (primary N) is 1. The van der Waals surface area contributed by atoms with Crippen LogP contribution in [0.2, 0.25) is 0 Å². The number of nitrogens with one attached hydrogen (secondary N) is 1. The maximum Gasteiger partial charge on any atom is 0.153 e. The Bertz CT molecular complexity index is 555. The molecule has 0 atom stereocenters. The van der Waals surface area contributed by atoms with Crippen molar-refractivity contribution in [2.75, 3.05) is 11.1 Å². The van der Waals surface area contributed by atoms with Crippen LogP contribution in [-0.2, 0) is 0 Å². The molecule has 0 spiro atoms. The van der Waals surface area contributed by atoms with Crippen molar-refractivity contribution in [3.05, 3.63) is 47.7 Å². The Labute approximate surface area is 97.3 Å². The van der Waals surface area contributed by atoms with E-state index in [1.165, 1.54) is 6.07 Å². The van der Waals surface area contributed by atoms with Gasteiger partial charge in [-0.05, 0) is 30.7 Å². The van der Waals surface area contributed by atoms with E-state index >= 15 is 0 Å². The molecule has 0 aliphatic rings. The largest absolute Gasteiger partial charge is 0.396 e. The van der Waals surface area contributed by atoms with E-state index in [1.54, 1.807) is 12.3 Å². The number of aryl methyl sites for hydroxylation is 1. The van der Waals surface area contributed by atoms with Crippen LogP contribution in [0.4, 0.5) is 26.0 Å². The van der Waals surface area contributed by atoms with Crippen LogP contribution < -0.4 is 11.1 Å². The molecular weight excluding hydrogens is 224 g/mol. The standard InChI is InChI=1S/C12H11F2N3/c1-7-4-5-16-12(11(7)15)17-10-3-2-8(13)6-9(10)14/h2-6H,15H2,1H3,(H,16,17). The third-order valence-electron chi connectivity index (χ3n) is 2.39. The van der Waals surface area contributed by atoms with E-state index in [-0.39, 0.29) is 5.69 Å². The molecule has 3 nitrogen and oxygen atoms in total. The zero-order valence-corrected chi connectivity index (χ0v) is 9.17. The quantitative estimate of drug-likeness (QED) is 0.841. The normalized spacial score (nSPS) is 10.3. The van der Waals surface area contributed by atoms with E-state index in [0.29, 0.717) is 11.5 Å². The van der Waals surface area contributed by atoms with Crippen LogP contribution in [0, 0.1) is 18.6 Å². The van der Waals surface area contributed by atoms with Crippen molar-refractivity contribution in [3.63, 3.8) is 0 Å². The van der Waals surface area contributed by atoms with Gasteiger partial charge in [-0.25, -0.2) is 13.8 Å². The zero-order chi connectivity index (χ0) is 12.4. The molecule has 2 aromatic rings. The molecule has 1 heterocycles. The lowest BCUT2D eigenvalue weighted by atomic mass is 10.2. The molecule has 0 bridgehead atoms.